The van der Waals surface area contributed by atoms with Crippen LogP contribution in [-0.4, -0.2) is 30.5 Å². The molecule has 5 nitrogen and oxygen atoms in total. The standard InChI is InChI=1S/C15H17FN2O3/c1-10-3-4-11(9-12(10)16)13-17-14(21-18-13)15(19-2)5-7-20-8-6-15/h3-4,9H,5-8H2,1-2H3. The van der Waals surface area contributed by atoms with Crippen LogP contribution in [-0.2, 0) is 15.1 Å². The molecule has 1 fully saturated rings. The van der Waals surface area contributed by atoms with Crippen LogP contribution < -0.4 is 0 Å². The lowest BCUT2D eigenvalue weighted by Gasteiger charge is -2.32. The number of benzene rings is 1. The fraction of sp³-hybridized carbons (Fsp3) is 0.467. The molecule has 0 radical (unpaired) electrons. The average molecular weight is 292 g/mol. The van der Waals surface area contributed by atoms with Crippen molar-refractivity contribution < 1.29 is 18.4 Å². The molecule has 0 aliphatic carbocycles. The first-order valence-electron chi connectivity index (χ1n) is 6.88. The largest absolute Gasteiger partial charge is 0.381 e. The molecule has 0 amide bonds. The summed E-state index contributed by atoms with van der Waals surface area (Å²) in [5.74, 6) is 0.502. The molecule has 2 heterocycles. The predicted molar refractivity (Wildman–Crippen MR) is 73.2 cm³/mol. The Balaban J connectivity index is 1.93. The van der Waals surface area contributed by atoms with E-state index in [9.17, 15) is 4.39 Å². The van der Waals surface area contributed by atoms with Crippen LogP contribution in [0.2, 0.25) is 0 Å². The van der Waals surface area contributed by atoms with E-state index < -0.39 is 5.60 Å². The van der Waals surface area contributed by atoms with E-state index in [0.717, 1.165) is 0 Å². The van der Waals surface area contributed by atoms with Gasteiger partial charge in [-0.05, 0) is 18.6 Å². The number of rotatable bonds is 3. The zero-order valence-electron chi connectivity index (χ0n) is 12.1. The first-order valence-corrected chi connectivity index (χ1v) is 6.88. The molecule has 1 aliphatic rings. The summed E-state index contributed by atoms with van der Waals surface area (Å²) in [6.07, 6.45) is 1.32. The van der Waals surface area contributed by atoms with Gasteiger partial charge < -0.3 is 14.0 Å². The van der Waals surface area contributed by atoms with Gasteiger partial charge in [0.25, 0.3) is 5.89 Å². The van der Waals surface area contributed by atoms with Crippen molar-refractivity contribution in [3.05, 3.63) is 35.5 Å². The van der Waals surface area contributed by atoms with Gasteiger partial charge in [-0.25, -0.2) is 4.39 Å². The minimum absolute atomic E-state index is 0.286. The van der Waals surface area contributed by atoms with Crippen LogP contribution in [0.15, 0.2) is 22.7 Å². The molecule has 1 aliphatic heterocycles. The Morgan fingerprint density at radius 2 is 2.05 bits per heavy atom. The van der Waals surface area contributed by atoms with Crippen LogP contribution >= 0.6 is 0 Å². The summed E-state index contributed by atoms with van der Waals surface area (Å²) in [4.78, 5) is 4.39. The van der Waals surface area contributed by atoms with Crippen LogP contribution in [0.4, 0.5) is 4.39 Å². The molecule has 0 saturated carbocycles. The number of hydrogen-bond donors (Lipinski definition) is 0. The quantitative estimate of drug-likeness (QED) is 0.870. The van der Waals surface area contributed by atoms with Crippen LogP contribution in [0.25, 0.3) is 11.4 Å². The van der Waals surface area contributed by atoms with Gasteiger partial charge in [0.05, 0.1) is 0 Å². The molecule has 1 aromatic heterocycles. The van der Waals surface area contributed by atoms with Crippen LogP contribution in [0.3, 0.4) is 0 Å². The van der Waals surface area contributed by atoms with E-state index in [0.29, 0.717) is 48.9 Å². The van der Waals surface area contributed by atoms with E-state index in [2.05, 4.69) is 10.1 Å². The van der Waals surface area contributed by atoms with Gasteiger partial charge in [0.2, 0.25) is 5.82 Å². The van der Waals surface area contributed by atoms with Gasteiger partial charge in [0.1, 0.15) is 5.82 Å². The normalized spacial score (nSPS) is 17.9. The highest BCUT2D eigenvalue weighted by Gasteiger charge is 2.40. The van der Waals surface area contributed by atoms with Crippen molar-refractivity contribution in [1.29, 1.82) is 0 Å². The number of ether oxygens (including phenoxy) is 2. The molecular formula is C15H17FN2O3. The molecule has 112 valence electrons. The van der Waals surface area contributed by atoms with E-state index in [-0.39, 0.29) is 5.82 Å². The number of aryl methyl sites for hydroxylation is 1. The fourth-order valence-electron chi connectivity index (χ4n) is 2.46. The zero-order chi connectivity index (χ0) is 14.9. The lowest BCUT2D eigenvalue weighted by molar-refractivity contribution is -0.111. The Bertz CT molecular complexity index is 636. The summed E-state index contributed by atoms with van der Waals surface area (Å²) in [5, 5.41) is 3.95. The molecule has 0 unspecified atom stereocenters. The molecule has 0 atom stereocenters. The zero-order valence-corrected chi connectivity index (χ0v) is 12.1. The summed E-state index contributed by atoms with van der Waals surface area (Å²) in [6, 6.07) is 4.88. The number of nitrogens with zero attached hydrogens (tertiary/aromatic N) is 2. The Morgan fingerprint density at radius 3 is 2.71 bits per heavy atom. The predicted octanol–water partition coefficient (Wildman–Crippen LogP) is 2.84. The van der Waals surface area contributed by atoms with Crippen molar-refractivity contribution in [3.63, 3.8) is 0 Å². The van der Waals surface area contributed by atoms with Crippen LogP contribution in [0.5, 0.6) is 0 Å². The van der Waals surface area contributed by atoms with Gasteiger partial charge >= 0.3 is 0 Å². The monoisotopic (exact) mass is 292 g/mol. The van der Waals surface area contributed by atoms with Gasteiger partial charge in [0.15, 0.2) is 5.60 Å². The van der Waals surface area contributed by atoms with E-state index in [1.54, 1.807) is 26.2 Å². The number of aromatic nitrogens is 2. The van der Waals surface area contributed by atoms with Gasteiger partial charge in [0, 0.05) is 38.7 Å². The van der Waals surface area contributed by atoms with Crippen LogP contribution in [0, 0.1) is 12.7 Å². The molecule has 1 aromatic carbocycles. The average Bonchev–Trinajstić information content (AvgIpc) is 3.01. The topological polar surface area (TPSA) is 57.4 Å². The molecule has 0 spiro atoms. The summed E-state index contributed by atoms with van der Waals surface area (Å²) in [6.45, 7) is 2.89. The first-order chi connectivity index (χ1) is 10.1. The molecule has 1 saturated heterocycles. The third kappa shape index (κ3) is 2.56. The third-order valence-corrected chi connectivity index (χ3v) is 3.94. The van der Waals surface area contributed by atoms with E-state index >= 15 is 0 Å². The van der Waals surface area contributed by atoms with Gasteiger partial charge in [-0.3, -0.25) is 0 Å². The maximum atomic E-state index is 13.6. The third-order valence-electron chi connectivity index (χ3n) is 3.94. The van der Waals surface area contributed by atoms with Crippen molar-refractivity contribution >= 4 is 0 Å². The number of hydrogen-bond acceptors (Lipinski definition) is 5. The highest BCUT2D eigenvalue weighted by molar-refractivity contribution is 5.55. The van der Waals surface area contributed by atoms with E-state index in [1.165, 1.54) is 6.07 Å². The van der Waals surface area contributed by atoms with Crippen LogP contribution in [0.1, 0.15) is 24.3 Å². The minimum Gasteiger partial charge on any atom is -0.381 e. The molecule has 6 heteroatoms. The lowest BCUT2D eigenvalue weighted by atomic mass is 9.94. The molecular weight excluding hydrogens is 275 g/mol. The molecule has 21 heavy (non-hydrogen) atoms. The maximum Gasteiger partial charge on any atom is 0.259 e. The number of halogens is 1. The van der Waals surface area contributed by atoms with Gasteiger partial charge in [-0.2, -0.15) is 4.98 Å². The summed E-state index contributed by atoms with van der Waals surface area (Å²) in [7, 11) is 1.63. The summed E-state index contributed by atoms with van der Waals surface area (Å²) < 4.78 is 30.0. The first kappa shape index (κ1) is 14.2. The Labute approximate surface area is 122 Å². The highest BCUT2D eigenvalue weighted by Crippen LogP contribution is 2.35. The second-order valence-electron chi connectivity index (χ2n) is 5.20. The van der Waals surface area contributed by atoms with Gasteiger partial charge in [-0.1, -0.05) is 17.3 Å². The van der Waals surface area contributed by atoms with Crippen molar-refractivity contribution in [3.8, 4) is 11.4 Å². The Hall–Kier alpha value is -1.79. The summed E-state index contributed by atoms with van der Waals surface area (Å²) in [5.41, 5.74) is 0.568. The maximum absolute atomic E-state index is 13.6. The molecule has 0 N–H and O–H groups in total. The molecule has 0 bridgehead atoms. The molecule has 2 aromatic rings. The fourth-order valence-corrected chi connectivity index (χ4v) is 2.46. The van der Waals surface area contributed by atoms with Crippen molar-refractivity contribution in [2.45, 2.75) is 25.4 Å². The highest BCUT2D eigenvalue weighted by atomic mass is 19.1. The van der Waals surface area contributed by atoms with Crippen molar-refractivity contribution in [2.75, 3.05) is 20.3 Å². The van der Waals surface area contributed by atoms with Gasteiger partial charge in [-0.15, -0.1) is 0 Å². The second-order valence-corrected chi connectivity index (χ2v) is 5.20. The smallest absolute Gasteiger partial charge is 0.259 e. The second kappa shape index (κ2) is 5.54. The Kier molecular flexibility index (Phi) is 3.73. The SMILES string of the molecule is COC1(c2nc(-c3ccc(C)c(F)c3)no2)CCOCC1. The Morgan fingerprint density at radius 1 is 1.29 bits per heavy atom. The van der Waals surface area contributed by atoms with E-state index in [1.807, 2.05) is 0 Å². The van der Waals surface area contributed by atoms with E-state index in [4.69, 9.17) is 14.0 Å². The lowest BCUT2D eigenvalue weighted by Crippen LogP contribution is -2.35. The minimum atomic E-state index is -0.604. The van der Waals surface area contributed by atoms with Crippen molar-refractivity contribution in [2.24, 2.45) is 0 Å². The summed E-state index contributed by atoms with van der Waals surface area (Å²) >= 11 is 0. The van der Waals surface area contributed by atoms with Crippen molar-refractivity contribution in [1.82, 2.24) is 10.1 Å². The number of methoxy groups -OCH3 is 1. The molecule has 3 rings (SSSR count).